The first kappa shape index (κ1) is 18.3. The van der Waals surface area contributed by atoms with E-state index in [1.54, 1.807) is 42.5 Å². The number of hydrogen-bond acceptors (Lipinski definition) is 3. The van der Waals surface area contributed by atoms with Gasteiger partial charge in [0, 0.05) is 16.1 Å². The lowest BCUT2D eigenvalue weighted by molar-refractivity contribution is 0.101. The van der Waals surface area contributed by atoms with Gasteiger partial charge in [-0.1, -0.05) is 41.9 Å². The SMILES string of the molecule is Cc1c(OCc2ccc(Cl)cc2)ccc2c1O/C(=C\c1ccccc1F)C2=O. The summed E-state index contributed by atoms with van der Waals surface area (Å²) in [6.07, 6.45) is 1.42. The Bertz CT molecular complexity index is 1090. The van der Waals surface area contributed by atoms with Crippen molar-refractivity contribution in [1.29, 1.82) is 0 Å². The number of benzene rings is 3. The molecule has 1 aliphatic heterocycles. The van der Waals surface area contributed by atoms with Crippen LogP contribution in [0.5, 0.6) is 11.5 Å². The number of ketones is 1. The highest BCUT2D eigenvalue weighted by Crippen LogP contribution is 2.39. The fourth-order valence-electron chi connectivity index (χ4n) is 3.00. The van der Waals surface area contributed by atoms with Crippen LogP contribution in [-0.4, -0.2) is 5.78 Å². The molecule has 0 aliphatic carbocycles. The van der Waals surface area contributed by atoms with E-state index in [0.717, 1.165) is 11.1 Å². The quantitative estimate of drug-likeness (QED) is 0.510. The summed E-state index contributed by atoms with van der Waals surface area (Å²) in [4.78, 5) is 12.6. The van der Waals surface area contributed by atoms with Crippen LogP contribution in [-0.2, 0) is 6.61 Å². The first-order valence-corrected chi connectivity index (χ1v) is 9.10. The average molecular weight is 395 g/mol. The van der Waals surface area contributed by atoms with Gasteiger partial charge in [-0.15, -0.1) is 0 Å². The van der Waals surface area contributed by atoms with Gasteiger partial charge in [0.1, 0.15) is 23.9 Å². The van der Waals surface area contributed by atoms with Crippen LogP contribution in [0.2, 0.25) is 5.02 Å². The second kappa shape index (κ2) is 7.49. The van der Waals surface area contributed by atoms with E-state index in [0.29, 0.717) is 34.3 Å². The Morgan fingerprint density at radius 2 is 1.82 bits per heavy atom. The Morgan fingerprint density at radius 3 is 2.57 bits per heavy atom. The minimum atomic E-state index is -0.411. The summed E-state index contributed by atoms with van der Waals surface area (Å²) in [6.45, 7) is 2.19. The van der Waals surface area contributed by atoms with Gasteiger partial charge < -0.3 is 9.47 Å². The van der Waals surface area contributed by atoms with Crippen LogP contribution in [0.3, 0.4) is 0 Å². The summed E-state index contributed by atoms with van der Waals surface area (Å²) in [7, 11) is 0. The highest BCUT2D eigenvalue weighted by molar-refractivity contribution is 6.30. The zero-order valence-electron chi connectivity index (χ0n) is 15.0. The molecule has 0 saturated carbocycles. The van der Waals surface area contributed by atoms with Crippen molar-refractivity contribution in [1.82, 2.24) is 0 Å². The largest absolute Gasteiger partial charge is 0.488 e. The lowest BCUT2D eigenvalue weighted by Gasteiger charge is -2.11. The van der Waals surface area contributed by atoms with E-state index < -0.39 is 5.82 Å². The molecule has 4 rings (SSSR count). The third-order valence-electron chi connectivity index (χ3n) is 4.54. The van der Waals surface area contributed by atoms with E-state index in [4.69, 9.17) is 21.1 Å². The lowest BCUT2D eigenvalue weighted by atomic mass is 10.1. The standard InChI is InChI=1S/C23H16ClFO3/c1-14-20(27-13-15-6-8-17(24)9-7-15)11-10-18-22(26)21(28-23(14)18)12-16-4-2-3-5-19(16)25/h2-12H,13H2,1H3/b21-12-. The molecule has 0 spiro atoms. The molecule has 0 saturated heterocycles. The number of fused-ring (bicyclic) bond motifs is 1. The van der Waals surface area contributed by atoms with E-state index >= 15 is 0 Å². The minimum absolute atomic E-state index is 0.0954. The molecular formula is C23H16ClFO3. The van der Waals surface area contributed by atoms with Crippen LogP contribution in [0.25, 0.3) is 6.08 Å². The predicted octanol–water partition coefficient (Wildman–Crippen LogP) is 5.98. The van der Waals surface area contributed by atoms with Crippen LogP contribution in [0.15, 0.2) is 66.4 Å². The third kappa shape index (κ3) is 3.51. The van der Waals surface area contributed by atoms with Crippen molar-refractivity contribution in [3.63, 3.8) is 0 Å². The van der Waals surface area contributed by atoms with Crippen molar-refractivity contribution in [2.75, 3.05) is 0 Å². The zero-order chi connectivity index (χ0) is 19.7. The number of allylic oxidation sites excluding steroid dienone is 1. The normalized spacial score (nSPS) is 14.1. The highest BCUT2D eigenvalue weighted by Gasteiger charge is 2.30. The molecule has 0 atom stereocenters. The van der Waals surface area contributed by atoms with Gasteiger partial charge in [-0.05, 0) is 48.9 Å². The molecule has 0 unspecified atom stereocenters. The van der Waals surface area contributed by atoms with Gasteiger partial charge in [-0.3, -0.25) is 4.79 Å². The maximum Gasteiger partial charge on any atom is 0.231 e. The van der Waals surface area contributed by atoms with Gasteiger partial charge >= 0.3 is 0 Å². The molecule has 28 heavy (non-hydrogen) atoms. The molecule has 3 aromatic rings. The van der Waals surface area contributed by atoms with Gasteiger partial charge in [0.15, 0.2) is 5.76 Å². The molecule has 0 amide bonds. The molecule has 1 heterocycles. The molecule has 0 radical (unpaired) electrons. The zero-order valence-corrected chi connectivity index (χ0v) is 15.8. The second-order valence-electron chi connectivity index (χ2n) is 6.44. The predicted molar refractivity (Wildman–Crippen MR) is 106 cm³/mol. The first-order valence-electron chi connectivity index (χ1n) is 8.72. The number of ether oxygens (including phenoxy) is 2. The summed E-state index contributed by atoms with van der Waals surface area (Å²) in [5.41, 5.74) is 2.44. The van der Waals surface area contributed by atoms with Crippen molar-refractivity contribution in [3.05, 3.63) is 99.5 Å². The van der Waals surface area contributed by atoms with E-state index in [1.165, 1.54) is 12.1 Å². The molecule has 0 aromatic heterocycles. The maximum atomic E-state index is 13.9. The fourth-order valence-corrected chi connectivity index (χ4v) is 3.13. The summed E-state index contributed by atoms with van der Waals surface area (Å²) in [5, 5.41) is 0.665. The monoisotopic (exact) mass is 394 g/mol. The Morgan fingerprint density at radius 1 is 1.07 bits per heavy atom. The summed E-state index contributed by atoms with van der Waals surface area (Å²) in [6, 6.07) is 17.0. The van der Waals surface area contributed by atoms with Crippen molar-refractivity contribution >= 4 is 23.5 Å². The van der Waals surface area contributed by atoms with Crippen LogP contribution in [0, 0.1) is 12.7 Å². The molecule has 1 aliphatic rings. The number of carbonyl (C=O) groups is 1. The molecule has 0 fully saturated rings. The molecule has 140 valence electrons. The lowest BCUT2D eigenvalue weighted by Crippen LogP contribution is -1.98. The topological polar surface area (TPSA) is 35.5 Å². The molecule has 0 N–H and O–H groups in total. The number of rotatable bonds is 4. The molecule has 5 heteroatoms. The van der Waals surface area contributed by atoms with E-state index in [1.807, 2.05) is 19.1 Å². The van der Waals surface area contributed by atoms with Crippen LogP contribution < -0.4 is 9.47 Å². The molecular weight excluding hydrogens is 379 g/mol. The molecule has 0 bridgehead atoms. The summed E-state index contributed by atoms with van der Waals surface area (Å²) < 4.78 is 25.5. The van der Waals surface area contributed by atoms with Crippen LogP contribution in [0.4, 0.5) is 4.39 Å². The summed E-state index contributed by atoms with van der Waals surface area (Å²) >= 11 is 5.90. The first-order chi connectivity index (χ1) is 13.5. The van der Waals surface area contributed by atoms with Crippen molar-refractivity contribution in [2.24, 2.45) is 0 Å². The number of halogens is 2. The van der Waals surface area contributed by atoms with Crippen LogP contribution >= 0.6 is 11.6 Å². The molecule has 3 aromatic carbocycles. The third-order valence-corrected chi connectivity index (χ3v) is 4.79. The van der Waals surface area contributed by atoms with E-state index in [-0.39, 0.29) is 11.5 Å². The van der Waals surface area contributed by atoms with Gasteiger partial charge in [0.05, 0.1) is 5.56 Å². The second-order valence-corrected chi connectivity index (χ2v) is 6.88. The van der Waals surface area contributed by atoms with Gasteiger partial charge in [0.25, 0.3) is 0 Å². The smallest absolute Gasteiger partial charge is 0.231 e. The number of hydrogen-bond donors (Lipinski definition) is 0. The van der Waals surface area contributed by atoms with Crippen LogP contribution in [0.1, 0.15) is 27.0 Å². The Balaban J connectivity index is 1.58. The average Bonchev–Trinajstić information content (AvgIpc) is 3.01. The van der Waals surface area contributed by atoms with Gasteiger partial charge in [-0.25, -0.2) is 4.39 Å². The van der Waals surface area contributed by atoms with Gasteiger partial charge in [-0.2, -0.15) is 0 Å². The summed E-state index contributed by atoms with van der Waals surface area (Å²) in [5.74, 6) is 0.476. The molecule has 3 nitrogen and oxygen atoms in total. The number of Topliss-reactive ketones (excluding diaryl/α,β-unsaturated/α-hetero) is 1. The number of carbonyl (C=O) groups excluding carboxylic acids is 1. The Kier molecular flexibility index (Phi) is 4.88. The van der Waals surface area contributed by atoms with Gasteiger partial charge in [0.2, 0.25) is 5.78 Å². The van der Waals surface area contributed by atoms with Crippen molar-refractivity contribution in [3.8, 4) is 11.5 Å². The highest BCUT2D eigenvalue weighted by atomic mass is 35.5. The minimum Gasteiger partial charge on any atom is -0.488 e. The van der Waals surface area contributed by atoms with Crippen molar-refractivity contribution in [2.45, 2.75) is 13.5 Å². The van der Waals surface area contributed by atoms with E-state index in [9.17, 15) is 9.18 Å². The fraction of sp³-hybridized carbons (Fsp3) is 0.0870. The Labute approximate surface area is 167 Å². The van der Waals surface area contributed by atoms with E-state index in [2.05, 4.69) is 0 Å². The van der Waals surface area contributed by atoms with Crippen molar-refractivity contribution < 1.29 is 18.7 Å². The Hall–Kier alpha value is -3.11. The maximum absolute atomic E-state index is 13.9.